The van der Waals surface area contributed by atoms with Gasteiger partial charge in [0.2, 0.25) is 0 Å². The Kier molecular flexibility index (Phi) is 5.46. The predicted molar refractivity (Wildman–Crippen MR) is 86.2 cm³/mol. The zero-order valence-corrected chi connectivity index (χ0v) is 14.3. The van der Waals surface area contributed by atoms with Crippen LogP contribution in [0, 0.1) is 19.8 Å². The zero-order chi connectivity index (χ0) is 17.1. The van der Waals surface area contributed by atoms with E-state index in [0.717, 1.165) is 31.6 Å². The number of nitrogens with zero attached hydrogens (tertiary/aromatic N) is 1. The third-order valence-electron chi connectivity index (χ3n) is 4.45. The van der Waals surface area contributed by atoms with E-state index in [9.17, 15) is 14.7 Å². The highest BCUT2D eigenvalue weighted by atomic mass is 16.5. The molecule has 6 heteroatoms. The van der Waals surface area contributed by atoms with Gasteiger partial charge in [-0.1, -0.05) is 6.92 Å². The Bertz CT molecular complexity index is 592. The van der Waals surface area contributed by atoms with Gasteiger partial charge in [-0.05, 0) is 45.1 Å². The quantitative estimate of drug-likeness (QED) is 0.832. The number of nitrogens with one attached hydrogen (secondary N) is 1. The van der Waals surface area contributed by atoms with Crippen molar-refractivity contribution in [3.05, 3.63) is 22.5 Å². The SMILES string of the molecule is Cc1[nH]c(C(=O)OCC(=O)N2CCC[C@H](C)C2)c(C)c1[C@@H](C)O. The van der Waals surface area contributed by atoms with Gasteiger partial charge in [0.1, 0.15) is 5.69 Å². The molecule has 128 valence electrons. The zero-order valence-electron chi connectivity index (χ0n) is 14.3. The van der Waals surface area contributed by atoms with Crippen molar-refractivity contribution >= 4 is 11.9 Å². The average molecular weight is 322 g/mol. The fourth-order valence-electron chi connectivity index (χ4n) is 3.30. The molecule has 0 aliphatic carbocycles. The minimum Gasteiger partial charge on any atom is -0.451 e. The summed E-state index contributed by atoms with van der Waals surface area (Å²) in [7, 11) is 0. The largest absolute Gasteiger partial charge is 0.451 e. The van der Waals surface area contributed by atoms with Crippen molar-refractivity contribution in [2.45, 2.75) is 46.6 Å². The van der Waals surface area contributed by atoms with E-state index in [1.165, 1.54) is 0 Å². The topological polar surface area (TPSA) is 82.6 Å². The van der Waals surface area contributed by atoms with Gasteiger partial charge in [-0.2, -0.15) is 0 Å². The summed E-state index contributed by atoms with van der Waals surface area (Å²) in [6.07, 6.45) is 1.46. The number of hydrogen-bond acceptors (Lipinski definition) is 4. The maximum absolute atomic E-state index is 12.2. The number of carbonyl (C=O) groups excluding carboxylic acids is 2. The summed E-state index contributed by atoms with van der Waals surface area (Å²) in [5.74, 6) is -0.220. The van der Waals surface area contributed by atoms with Gasteiger partial charge in [0.05, 0.1) is 6.10 Å². The molecule has 2 heterocycles. The van der Waals surface area contributed by atoms with Gasteiger partial charge >= 0.3 is 5.97 Å². The molecular formula is C17H26N2O4. The molecule has 2 atom stereocenters. The Morgan fingerprint density at radius 1 is 1.43 bits per heavy atom. The standard InChI is InChI=1S/C17H26N2O4/c1-10-6-5-7-19(8-10)14(21)9-23-17(22)16-11(2)15(13(4)20)12(3)18-16/h10,13,18,20H,5-9H2,1-4H3/t10-,13+/m0/s1. The van der Waals surface area contributed by atoms with Crippen molar-refractivity contribution in [3.8, 4) is 0 Å². The van der Waals surface area contributed by atoms with Crippen molar-refractivity contribution < 1.29 is 19.4 Å². The normalized spacial score (nSPS) is 19.5. The van der Waals surface area contributed by atoms with Crippen molar-refractivity contribution in [1.29, 1.82) is 0 Å². The van der Waals surface area contributed by atoms with Gasteiger partial charge in [-0.3, -0.25) is 4.79 Å². The first-order valence-corrected chi connectivity index (χ1v) is 8.13. The number of hydrogen-bond donors (Lipinski definition) is 2. The molecule has 23 heavy (non-hydrogen) atoms. The molecule has 0 saturated carbocycles. The summed E-state index contributed by atoms with van der Waals surface area (Å²) < 4.78 is 5.16. The van der Waals surface area contributed by atoms with E-state index >= 15 is 0 Å². The maximum atomic E-state index is 12.2. The van der Waals surface area contributed by atoms with E-state index in [4.69, 9.17) is 4.74 Å². The average Bonchev–Trinajstić information content (AvgIpc) is 2.79. The number of piperidine rings is 1. The Hall–Kier alpha value is -1.82. The van der Waals surface area contributed by atoms with Gasteiger partial charge in [0.25, 0.3) is 5.91 Å². The minimum absolute atomic E-state index is 0.151. The first kappa shape index (κ1) is 17.5. The predicted octanol–water partition coefficient (Wildman–Crippen LogP) is 2.10. The lowest BCUT2D eigenvalue weighted by Gasteiger charge is -2.30. The molecule has 2 rings (SSSR count). The highest BCUT2D eigenvalue weighted by molar-refractivity contribution is 5.91. The number of amides is 1. The number of aryl methyl sites for hydroxylation is 1. The summed E-state index contributed by atoms with van der Waals surface area (Å²) in [6.45, 7) is 8.54. The number of likely N-dealkylation sites (tertiary alicyclic amines) is 1. The molecule has 1 aromatic rings. The fourth-order valence-corrected chi connectivity index (χ4v) is 3.30. The second kappa shape index (κ2) is 7.17. The van der Waals surface area contributed by atoms with Crippen LogP contribution >= 0.6 is 0 Å². The van der Waals surface area contributed by atoms with Crippen LogP contribution in [0.15, 0.2) is 0 Å². The van der Waals surface area contributed by atoms with Crippen LogP contribution in [0.4, 0.5) is 0 Å². The lowest BCUT2D eigenvalue weighted by molar-refractivity contribution is -0.136. The van der Waals surface area contributed by atoms with Crippen LogP contribution in [0.3, 0.4) is 0 Å². The minimum atomic E-state index is -0.663. The number of esters is 1. The third kappa shape index (κ3) is 3.93. The van der Waals surface area contributed by atoms with E-state index in [2.05, 4.69) is 11.9 Å². The molecule has 1 fully saturated rings. The molecule has 6 nitrogen and oxygen atoms in total. The van der Waals surface area contributed by atoms with Crippen LogP contribution in [-0.4, -0.2) is 46.6 Å². The van der Waals surface area contributed by atoms with Crippen molar-refractivity contribution in [2.75, 3.05) is 19.7 Å². The number of aromatic amines is 1. The summed E-state index contributed by atoms with van der Waals surface area (Å²) >= 11 is 0. The second-order valence-corrected chi connectivity index (χ2v) is 6.50. The summed E-state index contributed by atoms with van der Waals surface area (Å²) in [6, 6.07) is 0. The number of rotatable bonds is 4. The molecule has 0 unspecified atom stereocenters. The Morgan fingerprint density at radius 2 is 2.13 bits per heavy atom. The van der Waals surface area contributed by atoms with Crippen molar-refractivity contribution in [3.63, 3.8) is 0 Å². The van der Waals surface area contributed by atoms with E-state index in [0.29, 0.717) is 22.7 Å². The molecule has 0 radical (unpaired) electrons. The first-order valence-electron chi connectivity index (χ1n) is 8.13. The van der Waals surface area contributed by atoms with Crippen LogP contribution in [0.1, 0.15) is 60.1 Å². The van der Waals surface area contributed by atoms with Gasteiger partial charge in [0.15, 0.2) is 6.61 Å². The number of ether oxygens (including phenoxy) is 1. The highest BCUT2D eigenvalue weighted by Crippen LogP contribution is 2.25. The summed E-state index contributed by atoms with van der Waals surface area (Å²) in [5.41, 5.74) is 2.41. The van der Waals surface area contributed by atoms with Crippen LogP contribution in [0.2, 0.25) is 0 Å². The van der Waals surface area contributed by atoms with Gasteiger partial charge < -0.3 is 19.7 Å². The van der Waals surface area contributed by atoms with Gasteiger partial charge in [0, 0.05) is 24.3 Å². The molecular weight excluding hydrogens is 296 g/mol. The maximum Gasteiger partial charge on any atom is 0.355 e. The number of aromatic nitrogens is 1. The van der Waals surface area contributed by atoms with E-state index in [1.807, 2.05) is 0 Å². The molecule has 1 saturated heterocycles. The van der Waals surface area contributed by atoms with Gasteiger partial charge in [-0.15, -0.1) is 0 Å². The molecule has 1 aliphatic heterocycles. The van der Waals surface area contributed by atoms with Crippen LogP contribution in [0.5, 0.6) is 0 Å². The fraction of sp³-hybridized carbons (Fsp3) is 0.647. The van der Waals surface area contributed by atoms with E-state index in [-0.39, 0.29) is 12.5 Å². The van der Waals surface area contributed by atoms with Gasteiger partial charge in [-0.25, -0.2) is 4.79 Å². The summed E-state index contributed by atoms with van der Waals surface area (Å²) in [5, 5.41) is 9.76. The monoisotopic (exact) mass is 322 g/mol. The molecule has 0 bridgehead atoms. The van der Waals surface area contributed by atoms with E-state index in [1.54, 1.807) is 25.7 Å². The van der Waals surface area contributed by atoms with Crippen LogP contribution in [-0.2, 0) is 9.53 Å². The lowest BCUT2D eigenvalue weighted by Crippen LogP contribution is -2.41. The molecule has 1 aromatic heterocycles. The molecule has 1 aliphatic rings. The molecule has 0 spiro atoms. The smallest absolute Gasteiger partial charge is 0.355 e. The van der Waals surface area contributed by atoms with Crippen LogP contribution in [0.25, 0.3) is 0 Å². The number of aliphatic hydroxyl groups is 1. The summed E-state index contributed by atoms with van der Waals surface area (Å²) in [4.78, 5) is 29.0. The van der Waals surface area contributed by atoms with Crippen LogP contribution < -0.4 is 0 Å². The highest BCUT2D eigenvalue weighted by Gasteiger charge is 2.24. The molecule has 2 N–H and O–H groups in total. The van der Waals surface area contributed by atoms with Crippen molar-refractivity contribution in [2.24, 2.45) is 5.92 Å². The molecule has 0 aromatic carbocycles. The van der Waals surface area contributed by atoms with Crippen molar-refractivity contribution in [1.82, 2.24) is 9.88 Å². The number of carbonyl (C=O) groups is 2. The Balaban J connectivity index is 1.97. The van der Waals surface area contributed by atoms with E-state index < -0.39 is 12.1 Å². The number of aliphatic hydroxyl groups excluding tert-OH is 1. The molecule has 1 amide bonds. The Morgan fingerprint density at radius 3 is 2.70 bits per heavy atom. The second-order valence-electron chi connectivity index (χ2n) is 6.50. The number of H-pyrrole nitrogens is 1. The first-order chi connectivity index (χ1) is 10.8. The Labute approximate surface area is 136 Å². The lowest BCUT2D eigenvalue weighted by atomic mass is 10.0. The third-order valence-corrected chi connectivity index (χ3v) is 4.45.